The number of carbonyl (C=O) groups excluding carboxylic acids is 1. The number of benzene rings is 3. The predicted molar refractivity (Wildman–Crippen MR) is 131 cm³/mol. The molecule has 0 spiro atoms. The molecule has 0 saturated heterocycles. The minimum Gasteiger partial charge on any atom is -0.497 e. The van der Waals surface area contributed by atoms with E-state index in [9.17, 15) is 4.79 Å². The number of aryl methyl sites for hydroxylation is 1. The van der Waals surface area contributed by atoms with Gasteiger partial charge >= 0.3 is 0 Å². The Labute approximate surface area is 193 Å². The zero-order valence-electron chi connectivity index (χ0n) is 18.9. The van der Waals surface area contributed by atoms with Crippen molar-refractivity contribution in [1.29, 1.82) is 0 Å². The molecule has 1 aromatic heterocycles. The smallest absolute Gasteiger partial charge is 0.251 e. The van der Waals surface area contributed by atoms with Crippen molar-refractivity contribution in [3.63, 3.8) is 0 Å². The molecule has 0 radical (unpaired) electrons. The average Bonchev–Trinajstić information content (AvgIpc) is 2.84. The van der Waals surface area contributed by atoms with E-state index in [-0.39, 0.29) is 11.9 Å². The van der Waals surface area contributed by atoms with E-state index < -0.39 is 0 Å². The van der Waals surface area contributed by atoms with Crippen molar-refractivity contribution in [2.45, 2.75) is 19.9 Å². The quantitative estimate of drug-likeness (QED) is 0.387. The van der Waals surface area contributed by atoms with Crippen molar-refractivity contribution in [2.75, 3.05) is 12.4 Å². The Balaban J connectivity index is 1.48. The lowest BCUT2D eigenvalue weighted by Crippen LogP contribution is -2.26. The van der Waals surface area contributed by atoms with Gasteiger partial charge in [0.25, 0.3) is 5.91 Å². The van der Waals surface area contributed by atoms with Crippen molar-refractivity contribution in [2.24, 2.45) is 0 Å². The van der Waals surface area contributed by atoms with E-state index in [1.54, 1.807) is 25.4 Å². The first-order valence-electron chi connectivity index (χ1n) is 10.7. The Bertz CT molecular complexity index is 1270. The fourth-order valence-electron chi connectivity index (χ4n) is 3.51. The van der Waals surface area contributed by atoms with Gasteiger partial charge in [0.15, 0.2) is 5.82 Å². The summed E-state index contributed by atoms with van der Waals surface area (Å²) >= 11 is 0. The molecule has 1 atom stereocenters. The lowest BCUT2D eigenvalue weighted by Gasteiger charge is -2.16. The number of nitrogens with zero attached hydrogens (tertiary/aromatic N) is 2. The molecule has 3 aromatic carbocycles. The van der Waals surface area contributed by atoms with Gasteiger partial charge in [-0.05, 0) is 61.9 Å². The summed E-state index contributed by atoms with van der Waals surface area (Å²) in [6, 6.07) is 24.7. The van der Waals surface area contributed by atoms with Crippen LogP contribution in [-0.2, 0) is 0 Å². The Morgan fingerprint density at radius 2 is 1.79 bits per heavy atom. The Hall–Kier alpha value is -4.19. The van der Waals surface area contributed by atoms with E-state index in [0.29, 0.717) is 17.2 Å². The SMILES string of the molecule is COc1cccc(C(C)NC(=O)c2cccc(Nc3ccnc(-c4cccc(C)c4)n3)c2)c1. The second-order valence-corrected chi connectivity index (χ2v) is 7.81. The van der Waals surface area contributed by atoms with Gasteiger partial charge in [0.2, 0.25) is 0 Å². The third kappa shape index (κ3) is 5.54. The van der Waals surface area contributed by atoms with Crippen LogP contribution in [0.15, 0.2) is 85.1 Å². The normalized spacial score (nSPS) is 11.5. The summed E-state index contributed by atoms with van der Waals surface area (Å²) in [5, 5.41) is 6.32. The van der Waals surface area contributed by atoms with Gasteiger partial charge in [0.05, 0.1) is 13.2 Å². The monoisotopic (exact) mass is 438 g/mol. The number of nitrogens with one attached hydrogen (secondary N) is 2. The number of methoxy groups -OCH3 is 1. The highest BCUT2D eigenvalue weighted by Crippen LogP contribution is 2.22. The summed E-state index contributed by atoms with van der Waals surface area (Å²) in [6.07, 6.45) is 1.72. The zero-order chi connectivity index (χ0) is 23.2. The summed E-state index contributed by atoms with van der Waals surface area (Å²) in [5.41, 5.74) is 4.41. The molecule has 0 aliphatic rings. The largest absolute Gasteiger partial charge is 0.497 e. The van der Waals surface area contributed by atoms with Crippen molar-refractivity contribution in [3.05, 3.63) is 102 Å². The molecule has 33 heavy (non-hydrogen) atoms. The van der Waals surface area contributed by atoms with Crippen molar-refractivity contribution in [3.8, 4) is 17.1 Å². The highest BCUT2D eigenvalue weighted by Gasteiger charge is 2.13. The van der Waals surface area contributed by atoms with E-state index in [1.807, 2.05) is 80.6 Å². The molecule has 4 rings (SSSR count). The fourth-order valence-corrected chi connectivity index (χ4v) is 3.51. The molecular weight excluding hydrogens is 412 g/mol. The molecule has 2 N–H and O–H groups in total. The van der Waals surface area contributed by atoms with Crippen LogP contribution in [0, 0.1) is 6.92 Å². The number of rotatable bonds is 7. The Morgan fingerprint density at radius 1 is 0.970 bits per heavy atom. The van der Waals surface area contributed by atoms with E-state index in [0.717, 1.165) is 28.1 Å². The number of aromatic nitrogens is 2. The lowest BCUT2D eigenvalue weighted by atomic mass is 10.1. The molecule has 1 unspecified atom stereocenters. The van der Waals surface area contributed by atoms with Crippen LogP contribution in [0.5, 0.6) is 5.75 Å². The van der Waals surface area contributed by atoms with Crippen LogP contribution in [0.4, 0.5) is 11.5 Å². The number of hydrogen-bond donors (Lipinski definition) is 2. The van der Waals surface area contributed by atoms with Gasteiger partial charge in [0, 0.05) is 23.0 Å². The molecule has 6 nitrogen and oxygen atoms in total. The molecule has 0 fully saturated rings. The fraction of sp³-hybridized carbons (Fsp3) is 0.148. The van der Waals surface area contributed by atoms with Gasteiger partial charge in [-0.3, -0.25) is 4.79 Å². The number of amides is 1. The number of carbonyl (C=O) groups is 1. The standard InChI is InChI=1S/C27H26N4O2/c1-18-7-4-9-21(15-18)26-28-14-13-25(31-26)30-23-11-5-10-22(16-23)27(32)29-19(2)20-8-6-12-24(17-20)33-3/h4-17,19H,1-3H3,(H,29,32)(H,28,30,31). The van der Waals surface area contributed by atoms with Crippen LogP contribution < -0.4 is 15.4 Å². The summed E-state index contributed by atoms with van der Waals surface area (Å²) in [6.45, 7) is 3.99. The molecule has 0 aliphatic carbocycles. The van der Waals surface area contributed by atoms with Crippen LogP contribution in [-0.4, -0.2) is 23.0 Å². The van der Waals surface area contributed by atoms with Gasteiger partial charge < -0.3 is 15.4 Å². The Kier molecular flexibility index (Phi) is 6.64. The minimum atomic E-state index is -0.164. The maximum absolute atomic E-state index is 12.9. The van der Waals surface area contributed by atoms with Crippen LogP contribution in [0.3, 0.4) is 0 Å². The summed E-state index contributed by atoms with van der Waals surface area (Å²) < 4.78 is 5.28. The van der Waals surface area contributed by atoms with Gasteiger partial charge in [-0.1, -0.05) is 42.0 Å². The summed E-state index contributed by atoms with van der Waals surface area (Å²) in [7, 11) is 1.63. The predicted octanol–water partition coefficient (Wildman–Crippen LogP) is 5.70. The third-order valence-corrected chi connectivity index (χ3v) is 5.27. The number of ether oxygens (including phenoxy) is 1. The average molecular weight is 439 g/mol. The van der Waals surface area contributed by atoms with Crippen molar-refractivity contribution >= 4 is 17.4 Å². The van der Waals surface area contributed by atoms with Crippen LogP contribution >= 0.6 is 0 Å². The van der Waals surface area contributed by atoms with Crippen LogP contribution in [0.1, 0.15) is 34.5 Å². The maximum atomic E-state index is 12.9. The molecule has 166 valence electrons. The van der Waals surface area contributed by atoms with E-state index in [2.05, 4.69) is 20.6 Å². The number of hydrogen-bond acceptors (Lipinski definition) is 5. The van der Waals surface area contributed by atoms with Gasteiger partial charge in [-0.2, -0.15) is 0 Å². The number of anilines is 2. The molecular formula is C27H26N4O2. The molecule has 0 aliphatic heterocycles. The van der Waals surface area contributed by atoms with Gasteiger partial charge in [-0.25, -0.2) is 9.97 Å². The first-order valence-corrected chi connectivity index (χ1v) is 10.7. The molecule has 6 heteroatoms. The highest BCUT2D eigenvalue weighted by atomic mass is 16.5. The molecule has 1 heterocycles. The summed E-state index contributed by atoms with van der Waals surface area (Å²) in [4.78, 5) is 21.9. The van der Waals surface area contributed by atoms with Crippen LogP contribution in [0.25, 0.3) is 11.4 Å². The minimum absolute atomic E-state index is 0.155. The van der Waals surface area contributed by atoms with Crippen molar-refractivity contribution < 1.29 is 9.53 Å². The van der Waals surface area contributed by atoms with Gasteiger partial charge in [0.1, 0.15) is 11.6 Å². The van der Waals surface area contributed by atoms with Crippen molar-refractivity contribution in [1.82, 2.24) is 15.3 Å². The molecule has 4 aromatic rings. The second kappa shape index (κ2) is 9.96. The van der Waals surface area contributed by atoms with E-state index >= 15 is 0 Å². The lowest BCUT2D eigenvalue weighted by molar-refractivity contribution is 0.0940. The molecule has 1 amide bonds. The second-order valence-electron chi connectivity index (χ2n) is 7.81. The van der Waals surface area contributed by atoms with E-state index in [4.69, 9.17) is 4.74 Å². The van der Waals surface area contributed by atoms with Crippen LogP contribution in [0.2, 0.25) is 0 Å². The highest BCUT2D eigenvalue weighted by molar-refractivity contribution is 5.95. The molecule has 0 saturated carbocycles. The first kappa shape index (κ1) is 22.0. The summed E-state index contributed by atoms with van der Waals surface area (Å²) in [5.74, 6) is 1.90. The van der Waals surface area contributed by atoms with Gasteiger partial charge in [-0.15, -0.1) is 0 Å². The maximum Gasteiger partial charge on any atom is 0.251 e. The van der Waals surface area contributed by atoms with E-state index in [1.165, 1.54) is 0 Å². The Morgan fingerprint density at radius 3 is 2.61 bits per heavy atom. The third-order valence-electron chi connectivity index (χ3n) is 5.27. The first-order chi connectivity index (χ1) is 16.0. The zero-order valence-corrected chi connectivity index (χ0v) is 18.9. The topological polar surface area (TPSA) is 76.1 Å². The molecule has 0 bridgehead atoms.